The fraction of sp³-hybridized carbons (Fsp3) is 0.580. The fourth-order valence-corrected chi connectivity index (χ4v) is 9.16. The van der Waals surface area contributed by atoms with Crippen LogP contribution in [0.2, 0.25) is 0 Å². The van der Waals surface area contributed by atoms with E-state index in [9.17, 15) is 27.6 Å². The lowest BCUT2D eigenvalue weighted by Crippen LogP contribution is -2.44. The Hall–Kier alpha value is -5.14. The van der Waals surface area contributed by atoms with Gasteiger partial charge in [-0.25, -0.2) is 9.59 Å². The van der Waals surface area contributed by atoms with Gasteiger partial charge in [0, 0.05) is 36.2 Å². The molecule has 4 N–H and O–H groups in total. The van der Waals surface area contributed by atoms with E-state index in [1.165, 1.54) is 14.2 Å². The zero-order chi connectivity index (χ0) is 48.8. The molecule has 0 unspecified atom stereocenters. The molecule has 15 nitrogen and oxygen atoms in total. The van der Waals surface area contributed by atoms with Gasteiger partial charge in [0.1, 0.15) is 6.73 Å². The second-order valence-corrected chi connectivity index (χ2v) is 18.5. The minimum absolute atomic E-state index is 0.105. The number of likely N-dealkylation sites (tertiary alicyclic amines) is 2. The van der Waals surface area contributed by atoms with Gasteiger partial charge in [-0.2, -0.15) is 13.2 Å². The number of benzene rings is 3. The van der Waals surface area contributed by atoms with Gasteiger partial charge >= 0.3 is 18.4 Å². The van der Waals surface area contributed by atoms with Gasteiger partial charge in [-0.05, 0) is 110 Å². The Morgan fingerprint density at radius 3 is 1.71 bits per heavy atom. The van der Waals surface area contributed by atoms with Gasteiger partial charge in [0.15, 0.2) is 0 Å². The molecule has 6 rings (SSSR count). The first kappa shape index (κ1) is 52.2. The number of alkyl carbamates (subject to hydrolysis) is 2. The standard InChI is InChI=1S/C50H70F3N7O8/c1-33(2)42(56-48(62)64-5)28-67-31-58-25-7-9-41(58)27-66-30-54-38-17-11-35(12-18-38)44-23-24-45(60(44)40-21-15-37(16-22-40)50(51,52)53)36-13-19-39(20-14-36)55-47(61)46-10-8-26-59(46)32-68-29-43(34(3)4)57-49(63)65-6/h11-22,33-34,41-46,54H,7-10,23-32H2,1-6H3,(H,55,61)(H,56,62)(H,57,63)/t41-,42+,43+,44+,45+,46-/m0/s1. The van der Waals surface area contributed by atoms with E-state index in [1.807, 2.05) is 69.0 Å². The summed E-state index contributed by atoms with van der Waals surface area (Å²) in [6, 6.07) is 20.4. The maximum absolute atomic E-state index is 13.7. The number of hydrogen-bond acceptors (Lipinski definition) is 12. The Kier molecular flexibility index (Phi) is 19.2. The minimum Gasteiger partial charge on any atom is -0.453 e. The Labute approximate surface area is 398 Å². The monoisotopic (exact) mass is 954 g/mol. The number of hydrogen-bond donors (Lipinski definition) is 4. The third kappa shape index (κ3) is 14.4. The van der Waals surface area contributed by atoms with Crippen molar-refractivity contribution < 1.29 is 51.2 Å². The van der Waals surface area contributed by atoms with Crippen LogP contribution < -0.4 is 26.2 Å². The average Bonchev–Trinajstić information content (AvgIpc) is 4.10. The minimum atomic E-state index is -4.45. The Morgan fingerprint density at radius 2 is 1.18 bits per heavy atom. The lowest BCUT2D eigenvalue weighted by atomic mass is 10.0. The van der Waals surface area contributed by atoms with Crippen molar-refractivity contribution in [2.24, 2.45) is 11.8 Å². The van der Waals surface area contributed by atoms with Crippen LogP contribution in [0.25, 0.3) is 0 Å². The molecule has 6 atom stereocenters. The van der Waals surface area contributed by atoms with E-state index in [2.05, 4.69) is 43.2 Å². The van der Waals surface area contributed by atoms with E-state index < -0.39 is 23.9 Å². The third-order valence-electron chi connectivity index (χ3n) is 13.3. The molecule has 3 aliphatic heterocycles. The van der Waals surface area contributed by atoms with E-state index in [0.717, 1.165) is 67.6 Å². The molecule has 3 aromatic rings. The lowest BCUT2D eigenvalue weighted by molar-refractivity contribution is -0.137. The van der Waals surface area contributed by atoms with Crippen LogP contribution in [-0.2, 0) is 34.7 Å². The molecule has 3 fully saturated rings. The summed E-state index contributed by atoms with van der Waals surface area (Å²) in [5.41, 5.74) is 3.54. The van der Waals surface area contributed by atoms with Crippen LogP contribution in [0.4, 0.5) is 39.8 Å². The highest BCUT2D eigenvalue weighted by Crippen LogP contribution is 2.47. The van der Waals surface area contributed by atoms with Crippen molar-refractivity contribution in [2.45, 2.75) is 109 Å². The first-order valence-electron chi connectivity index (χ1n) is 23.8. The number of anilines is 3. The molecule has 18 heteroatoms. The number of methoxy groups -OCH3 is 2. The fourth-order valence-electron chi connectivity index (χ4n) is 9.16. The number of carbonyl (C=O) groups excluding carboxylic acids is 3. The molecule has 0 saturated carbocycles. The van der Waals surface area contributed by atoms with Gasteiger partial charge in [-0.3, -0.25) is 14.6 Å². The highest BCUT2D eigenvalue weighted by molar-refractivity contribution is 5.95. The Bertz CT molecular complexity index is 2040. The topological polar surface area (TPSA) is 155 Å². The van der Waals surface area contributed by atoms with E-state index in [4.69, 9.17) is 23.7 Å². The van der Waals surface area contributed by atoms with Crippen molar-refractivity contribution in [1.82, 2.24) is 20.4 Å². The van der Waals surface area contributed by atoms with Crippen LogP contribution in [0.5, 0.6) is 0 Å². The molecule has 374 valence electrons. The number of carbonyl (C=O) groups is 3. The van der Waals surface area contributed by atoms with E-state index in [0.29, 0.717) is 51.0 Å². The summed E-state index contributed by atoms with van der Waals surface area (Å²) in [5.74, 6) is 0.177. The Balaban J connectivity index is 1.04. The molecule has 3 amide bonds. The summed E-state index contributed by atoms with van der Waals surface area (Å²) in [5, 5.41) is 12.1. The molecule has 3 heterocycles. The molecule has 68 heavy (non-hydrogen) atoms. The highest BCUT2D eigenvalue weighted by Gasteiger charge is 2.37. The number of rotatable bonds is 22. The molecule has 0 bridgehead atoms. The van der Waals surface area contributed by atoms with E-state index in [-0.39, 0.29) is 67.3 Å². The number of amides is 3. The van der Waals surface area contributed by atoms with Crippen molar-refractivity contribution in [3.05, 3.63) is 89.5 Å². The number of ether oxygens (including phenoxy) is 5. The maximum Gasteiger partial charge on any atom is 0.416 e. The maximum atomic E-state index is 13.7. The van der Waals surface area contributed by atoms with Gasteiger partial charge in [-0.15, -0.1) is 0 Å². The van der Waals surface area contributed by atoms with Crippen LogP contribution in [-0.4, -0.2) is 119 Å². The lowest BCUT2D eigenvalue weighted by Gasteiger charge is -2.33. The van der Waals surface area contributed by atoms with Crippen LogP contribution in [0.15, 0.2) is 72.8 Å². The molecular weight excluding hydrogens is 884 g/mol. The molecule has 3 aliphatic rings. The average molecular weight is 954 g/mol. The molecule has 0 aliphatic carbocycles. The van der Waals surface area contributed by atoms with Crippen LogP contribution in [0.3, 0.4) is 0 Å². The van der Waals surface area contributed by atoms with Crippen LogP contribution in [0, 0.1) is 11.8 Å². The van der Waals surface area contributed by atoms with Crippen LogP contribution >= 0.6 is 0 Å². The molecule has 3 aromatic carbocycles. The Morgan fingerprint density at radius 1 is 0.662 bits per heavy atom. The number of nitrogens with zero attached hydrogens (tertiary/aromatic N) is 3. The quantitative estimate of drug-likeness (QED) is 0.0563. The summed E-state index contributed by atoms with van der Waals surface area (Å²) in [4.78, 5) is 43.5. The van der Waals surface area contributed by atoms with Gasteiger partial charge in [0.25, 0.3) is 0 Å². The van der Waals surface area contributed by atoms with Crippen molar-refractivity contribution in [3.8, 4) is 0 Å². The molecule has 0 radical (unpaired) electrons. The smallest absolute Gasteiger partial charge is 0.416 e. The molecule has 0 aromatic heterocycles. The van der Waals surface area contributed by atoms with Crippen molar-refractivity contribution in [3.63, 3.8) is 0 Å². The normalized spacial score (nSPS) is 21.0. The predicted molar refractivity (Wildman–Crippen MR) is 254 cm³/mol. The van der Waals surface area contributed by atoms with Crippen molar-refractivity contribution in [2.75, 3.05) is 82.9 Å². The number of nitrogens with one attached hydrogen (secondary N) is 4. The summed E-state index contributed by atoms with van der Waals surface area (Å²) in [6.07, 6.45) is -0.315. The summed E-state index contributed by atoms with van der Waals surface area (Å²) >= 11 is 0. The predicted octanol–water partition coefficient (Wildman–Crippen LogP) is 8.75. The second kappa shape index (κ2) is 24.9. The number of halogens is 3. The molecule has 0 spiro atoms. The summed E-state index contributed by atoms with van der Waals surface area (Å²) < 4.78 is 68.5. The van der Waals surface area contributed by atoms with Gasteiger partial charge in [0.05, 0.1) is 83.3 Å². The van der Waals surface area contributed by atoms with Gasteiger partial charge < -0.3 is 49.9 Å². The van der Waals surface area contributed by atoms with Crippen molar-refractivity contribution in [1.29, 1.82) is 0 Å². The first-order valence-corrected chi connectivity index (χ1v) is 23.8. The van der Waals surface area contributed by atoms with Gasteiger partial charge in [0.2, 0.25) is 5.91 Å². The largest absolute Gasteiger partial charge is 0.453 e. The SMILES string of the molecule is COC(=O)N[C@H](COCN1CCC[C@H]1COCNc1ccc([C@H]2CC[C@H](c3ccc(NC(=O)[C@@H]4CCCN4COC[C@@H](NC(=O)OC)C(C)C)cc3)N2c2ccc(C(F)(F)F)cc2)cc1)C(C)C. The zero-order valence-electron chi connectivity index (χ0n) is 40.2. The number of alkyl halides is 3. The van der Waals surface area contributed by atoms with Gasteiger partial charge in [-0.1, -0.05) is 52.0 Å². The second-order valence-electron chi connectivity index (χ2n) is 18.5. The summed E-state index contributed by atoms with van der Waals surface area (Å²) in [6.45, 7) is 11.8. The molecular formula is C50H70F3N7O8. The van der Waals surface area contributed by atoms with E-state index >= 15 is 0 Å². The van der Waals surface area contributed by atoms with E-state index in [1.54, 1.807) is 12.1 Å². The van der Waals surface area contributed by atoms with Crippen LogP contribution in [0.1, 0.15) is 95.0 Å². The highest BCUT2D eigenvalue weighted by atomic mass is 19.4. The first-order chi connectivity index (χ1) is 32.6. The van der Waals surface area contributed by atoms with Crippen molar-refractivity contribution >= 4 is 35.2 Å². The summed E-state index contributed by atoms with van der Waals surface area (Å²) in [7, 11) is 2.66. The third-order valence-corrected chi connectivity index (χ3v) is 13.3. The molecule has 3 saturated heterocycles. The zero-order valence-corrected chi connectivity index (χ0v) is 40.2.